The molecule has 2 rings (SSSR count). The van der Waals surface area contributed by atoms with Crippen molar-refractivity contribution in [3.63, 3.8) is 0 Å². The van der Waals surface area contributed by atoms with Crippen LogP contribution in [-0.2, 0) is 4.79 Å². The number of hydrogen-bond acceptors (Lipinski definition) is 6. The normalized spacial score (nSPS) is 18.8. The molecule has 0 unspecified atom stereocenters. The summed E-state index contributed by atoms with van der Waals surface area (Å²) in [5.74, 6) is 0.0886. The molecule has 1 heterocycles. The van der Waals surface area contributed by atoms with E-state index in [0.29, 0.717) is 11.2 Å². The monoisotopic (exact) mass is 300 g/mol. The molecule has 3 N–H and O–H groups in total. The van der Waals surface area contributed by atoms with Gasteiger partial charge in [-0.25, -0.2) is 0 Å². The quantitative estimate of drug-likeness (QED) is 0.659. The molecule has 1 saturated carbocycles. The molecule has 1 aromatic rings. The summed E-state index contributed by atoms with van der Waals surface area (Å²) in [6.07, 6.45) is 7.24. The minimum atomic E-state index is -0.157. The summed E-state index contributed by atoms with van der Waals surface area (Å²) in [7, 11) is 0. The number of nitrogens with two attached hydrogens (primary N) is 1. The largest absolute Gasteiger partial charge is 0.374 e. The van der Waals surface area contributed by atoms with E-state index in [1.54, 1.807) is 0 Å². The number of hydrogen-bond donors (Lipinski definition) is 2. The lowest BCUT2D eigenvalue weighted by Gasteiger charge is -2.18. The second-order valence-electron chi connectivity index (χ2n) is 4.86. The van der Waals surface area contributed by atoms with Crippen LogP contribution in [0, 0.1) is 0 Å². The van der Waals surface area contributed by atoms with Gasteiger partial charge in [-0.3, -0.25) is 4.79 Å². The van der Waals surface area contributed by atoms with Crippen LogP contribution in [0.4, 0.5) is 5.13 Å². The predicted molar refractivity (Wildman–Crippen MR) is 79.3 cm³/mol. The molecule has 1 aliphatic rings. The maximum Gasteiger partial charge on any atom is 0.233 e. The van der Waals surface area contributed by atoms with E-state index < -0.39 is 0 Å². The first-order valence-corrected chi connectivity index (χ1v) is 8.41. The van der Waals surface area contributed by atoms with Gasteiger partial charge in [-0.2, -0.15) is 0 Å². The summed E-state index contributed by atoms with van der Waals surface area (Å²) in [5.41, 5.74) is 5.53. The van der Waals surface area contributed by atoms with Crippen molar-refractivity contribution in [2.24, 2.45) is 0 Å². The van der Waals surface area contributed by atoms with Gasteiger partial charge in [0.15, 0.2) is 4.34 Å². The van der Waals surface area contributed by atoms with Crippen LogP contribution in [-0.4, -0.2) is 27.4 Å². The van der Waals surface area contributed by atoms with E-state index in [4.69, 9.17) is 5.73 Å². The number of nitrogens with one attached hydrogen (secondary N) is 1. The Balaban J connectivity index is 1.81. The zero-order valence-corrected chi connectivity index (χ0v) is 12.7. The van der Waals surface area contributed by atoms with Gasteiger partial charge in [-0.15, -0.1) is 10.2 Å². The van der Waals surface area contributed by atoms with E-state index in [2.05, 4.69) is 15.5 Å². The van der Waals surface area contributed by atoms with E-state index in [1.165, 1.54) is 48.8 Å². The van der Waals surface area contributed by atoms with Gasteiger partial charge < -0.3 is 11.1 Å². The van der Waals surface area contributed by atoms with Crippen LogP contribution in [0.2, 0.25) is 0 Å². The van der Waals surface area contributed by atoms with Crippen molar-refractivity contribution in [3.05, 3.63) is 0 Å². The van der Waals surface area contributed by atoms with Crippen LogP contribution in [0.25, 0.3) is 0 Å². The molecule has 1 atom stereocenters. The summed E-state index contributed by atoms with van der Waals surface area (Å²) >= 11 is 2.74. The third-order valence-corrected chi connectivity index (χ3v) is 5.21. The van der Waals surface area contributed by atoms with Gasteiger partial charge in [0.1, 0.15) is 0 Å². The topological polar surface area (TPSA) is 80.9 Å². The molecule has 0 bridgehead atoms. The summed E-state index contributed by atoms with van der Waals surface area (Å²) in [4.78, 5) is 12.1. The van der Waals surface area contributed by atoms with Crippen molar-refractivity contribution in [1.29, 1.82) is 0 Å². The highest BCUT2D eigenvalue weighted by Crippen LogP contribution is 2.27. The van der Waals surface area contributed by atoms with Gasteiger partial charge in [0.2, 0.25) is 11.0 Å². The van der Waals surface area contributed by atoms with Crippen molar-refractivity contribution in [3.8, 4) is 0 Å². The zero-order valence-electron chi connectivity index (χ0n) is 11.1. The zero-order chi connectivity index (χ0) is 13.7. The Labute approximate surface area is 121 Å². The fourth-order valence-corrected chi connectivity index (χ4v) is 4.00. The van der Waals surface area contributed by atoms with E-state index in [1.807, 2.05) is 6.92 Å². The lowest BCUT2D eigenvalue weighted by atomic mass is 10.1. The molecule has 1 aliphatic carbocycles. The molecule has 1 aromatic heterocycles. The smallest absolute Gasteiger partial charge is 0.233 e. The molecule has 106 valence electrons. The lowest BCUT2D eigenvalue weighted by molar-refractivity contribution is -0.121. The number of anilines is 1. The summed E-state index contributed by atoms with van der Waals surface area (Å²) in [6.45, 7) is 1.90. The number of nitrogen functional groups attached to an aromatic ring is 1. The van der Waals surface area contributed by atoms with Crippen molar-refractivity contribution in [2.45, 2.75) is 61.1 Å². The molecule has 1 amide bonds. The van der Waals surface area contributed by atoms with E-state index in [0.717, 1.165) is 17.2 Å². The van der Waals surface area contributed by atoms with Crippen LogP contribution in [0.15, 0.2) is 4.34 Å². The van der Waals surface area contributed by atoms with Crippen LogP contribution in [0.1, 0.15) is 45.4 Å². The number of nitrogens with zero attached hydrogens (tertiary/aromatic N) is 2. The third kappa shape index (κ3) is 4.65. The Hall–Kier alpha value is -0.820. The standard InChI is InChI=1S/C12H20N4OS2/c1-8(18-12-16-15-11(13)19-12)10(17)14-9-6-4-2-3-5-7-9/h8-9H,2-7H2,1H3,(H2,13,15)(H,14,17)/t8-/m0/s1. The molecule has 0 saturated heterocycles. The van der Waals surface area contributed by atoms with Gasteiger partial charge in [-0.1, -0.05) is 48.8 Å². The summed E-state index contributed by atoms with van der Waals surface area (Å²) in [6, 6.07) is 0.345. The number of carbonyl (C=O) groups excluding carboxylic acids is 1. The van der Waals surface area contributed by atoms with Gasteiger partial charge in [0.25, 0.3) is 0 Å². The summed E-state index contributed by atoms with van der Waals surface area (Å²) < 4.78 is 0.751. The highest BCUT2D eigenvalue weighted by molar-refractivity contribution is 8.02. The van der Waals surface area contributed by atoms with Gasteiger partial charge in [0.05, 0.1) is 5.25 Å². The van der Waals surface area contributed by atoms with Crippen molar-refractivity contribution in [1.82, 2.24) is 15.5 Å². The molecule has 0 aliphatic heterocycles. The molecule has 5 nitrogen and oxygen atoms in total. The maximum atomic E-state index is 12.1. The fraction of sp³-hybridized carbons (Fsp3) is 0.750. The lowest BCUT2D eigenvalue weighted by Crippen LogP contribution is -2.39. The first-order valence-electron chi connectivity index (χ1n) is 6.71. The van der Waals surface area contributed by atoms with Gasteiger partial charge in [-0.05, 0) is 19.8 Å². The second kappa shape index (κ2) is 7.09. The molecule has 19 heavy (non-hydrogen) atoms. The van der Waals surface area contributed by atoms with Crippen molar-refractivity contribution < 1.29 is 4.79 Å². The Morgan fingerprint density at radius 3 is 2.63 bits per heavy atom. The van der Waals surface area contributed by atoms with Crippen LogP contribution < -0.4 is 11.1 Å². The molecule has 0 aromatic carbocycles. The fourth-order valence-electron chi connectivity index (χ4n) is 2.21. The average Bonchev–Trinajstić information content (AvgIpc) is 2.64. The molecule has 1 fully saturated rings. The number of thioether (sulfide) groups is 1. The van der Waals surface area contributed by atoms with Crippen molar-refractivity contribution in [2.75, 3.05) is 5.73 Å². The highest BCUT2D eigenvalue weighted by atomic mass is 32.2. The molecule has 0 radical (unpaired) electrons. The number of amides is 1. The van der Waals surface area contributed by atoms with E-state index in [9.17, 15) is 4.79 Å². The first-order chi connectivity index (χ1) is 9.15. The minimum Gasteiger partial charge on any atom is -0.374 e. The van der Waals surface area contributed by atoms with Gasteiger partial charge >= 0.3 is 0 Å². The summed E-state index contributed by atoms with van der Waals surface area (Å²) in [5, 5.41) is 11.1. The number of aromatic nitrogens is 2. The average molecular weight is 300 g/mol. The SMILES string of the molecule is C[C@H](Sc1nnc(N)s1)C(=O)NC1CCCCCC1. The predicted octanol–water partition coefficient (Wildman–Crippen LogP) is 2.44. The molecule has 0 spiro atoms. The Morgan fingerprint density at radius 1 is 1.37 bits per heavy atom. The molecular formula is C12H20N4OS2. The highest BCUT2D eigenvalue weighted by Gasteiger charge is 2.20. The van der Waals surface area contributed by atoms with Crippen LogP contribution >= 0.6 is 23.1 Å². The second-order valence-corrected chi connectivity index (χ2v) is 7.46. The maximum absolute atomic E-state index is 12.1. The Morgan fingerprint density at radius 2 is 2.05 bits per heavy atom. The van der Waals surface area contributed by atoms with Crippen LogP contribution in [0.5, 0.6) is 0 Å². The molecular weight excluding hydrogens is 280 g/mol. The van der Waals surface area contributed by atoms with E-state index >= 15 is 0 Å². The van der Waals surface area contributed by atoms with E-state index in [-0.39, 0.29) is 11.2 Å². The Kier molecular flexibility index (Phi) is 5.45. The number of carbonyl (C=O) groups is 1. The van der Waals surface area contributed by atoms with Gasteiger partial charge in [0, 0.05) is 6.04 Å². The third-order valence-electron chi connectivity index (χ3n) is 3.27. The minimum absolute atomic E-state index is 0.0886. The van der Waals surface area contributed by atoms with Crippen LogP contribution in [0.3, 0.4) is 0 Å². The number of rotatable bonds is 4. The van der Waals surface area contributed by atoms with Crippen molar-refractivity contribution >= 4 is 34.1 Å². The Bertz CT molecular complexity index is 416. The molecule has 7 heteroatoms. The first kappa shape index (κ1) is 14.6.